The van der Waals surface area contributed by atoms with Gasteiger partial charge in [-0.05, 0) is 30.7 Å². The molecule has 0 fully saturated rings. The van der Waals surface area contributed by atoms with Crippen LogP contribution < -0.4 is 0 Å². The van der Waals surface area contributed by atoms with Gasteiger partial charge in [0.05, 0.1) is 11.4 Å². The Hall–Kier alpha value is -2.42. The van der Waals surface area contributed by atoms with Crippen LogP contribution in [0.2, 0.25) is 0 Å². The first-order chi connectivity index (χ1) is 8.83. The molecule has 0 aliphatic rings. The SMILES string of the molecule is Cc1ccc(-c2cc(-c3cccnc3)n[nH]2)cc1. The molecule has 3 aromatic rings. The van der Waals surface area contributed by atoms with Gasteiger partial charge in [-0.2, -0.15) is 5.10 Å². The lowest BCUT2D eigenvalue weighted by Gasteiger charge is -1.97. The Morgan fingerprint density at radius 2 is 1.83 bits per heavy atom. The fourth-order valence-corrected chi connectivity index (χ4v) is 1.86. The Balaban J connectivity index is 1.97. The van der Waals surface area contributed by atoms with Gasteiger partial charge in [0.1, 0.15) is 0 Å². The highest BCUT2D eigenvalue weighted by molar-refractivity contribution is 5.67. The number of aryl methyl sites for hydroxylation is 1. The third kappa shape index (κ3) is 2.02. The topological polar surface area (TPSA) is 41.6 Å². The van der Waals surface area contributed by atoms with Crippen LogP contribution in [-0.4, -0.2) is 15.2 Å². The summed E-state index contributed by atoms with van der Waals surface area (Å²) in [6.07, 6.45) is 3.58. The smallest absolute Gasteiger partial charge is 0.0942 e. The monoisotopic (exact) mass is 235 g/mol. The zero-order chi connectivity index (χ0) is 12.4. The average Bonchev–Trinajstić information content (AvgIpc) is 2.90. The Morgan fingerprint density at radius 1 is 1.00 bits per heavy atom. The minimum Gasteiger partial charge on any atom is -0.277 e. The molecule has 0 aliphatic carbocycles. The second-order valence-electron chi connectivity index (χ2n) is 4.27. The number of rotatable bonds is 2. The van der Waals surface area contributed by atoms with Crippen LogP contribution in [-0.2, 0) is 0 Å². The number of nitrogens with zero attached hydrogens (tertiary/aromatic N) is 2. The van der Waals surface area contributed by atoms with Crippen LogP contribution in [0.3, 0.4) is 0 Å². The predicted octanol–water partition coefficient (Wildman–Crippen LogP) is 3.45. The largest absolute Gasteiger partial charge is 0.277 e. The molecule has 88 valence electrons. The van der Waals surface area contributed by atoms with E-state index in [0.717, 1.165) is 22.5 Å². The van der Waals surface area contributed by atoms with Crippen molar-refractivity contribution in [1.82, 2.24) is 15.2 Å². The van der Waals surface area contributed by atoms with Crippen LogP contribution in [0.5, 0.6) is 0 Å². The highest BCUT2D eigenvalue weighted by Gasteiger charge is 2.05. The number of benzene rings is 1. The lowest BCUT2D eigenvalue weighted by molar-refractivity contribution is 1.10. The molecule has 0 aliphatic heterocycles. The predicted molar refractivity (Wildman–Crippen MR) is 72.0 cm³/mol. The van der Waals surface area contributed by atoms with Gasteiger partial charge in [-0.1, -0.05) is 29.8 Å². The van der Waals surface area contributed by atoms with Crippen LogP contribution in [0, 0.1) is 6.92 Å². The first kappa shape index (κ1) is 10.7. The molecule has 0 atom stereocenters. The maximum Gasteiger partial charge on any atom is 0.0942 e. The van der Waals surface area contributed by atoms with E-state index in [0.29, 0.717) is 0 Å². The minimum absolute atomic E-state index is 0.915. The molecule has 0 saturated carbocycles. The van der Waals surface area contributed by atoms with Crippen molar-refractivity contribution in [2.75, 3.05) is 0 Å². The van der Waals surface area contributed by atoms with Crippen molar-refractivity contribution in [3.8, 4) is 22.5 Å². The van der Waals surface area contributed by atoms with Gasteiger partial charge in [0.2, 0.25) is 0 Å². The van der Waals surface area contributed by atoms with Gasteiger partial charge >= 0.3 is 0 Å². The van der Waals surface area contributed by atoms with E-state index in [1.54, 1.807) is 6.20 Å². The lowest BCUT2D eigenvalue weighted by atomic mass is 10.1. The zero-order valence-electron chi connectivity index (χ0n) is 10.1. The maximum atomic E-state index is 4.32. The normalized spacial score (nSPS) is 10.5. The van der Waals surface area contributed by atoms with Crippen molar-refractivity contribution in [2.24, 2.45) is 0 Å². The van der Waals surface area contributed by atoms with Gasteiger partial charge in [0.25, 0.3) is 0 Å². The van der Waals surface area contributed by atoms with Gasteiger partial charge < -0.3 is 0 Å². The summed E-state index contributed by atoms with van der Waals surface area (Å²) in [6.45, 7) is 2.08. The van der Waals surface area contributed by atoms with Gasteiger partial charge in [0.15, 0.2) is 0 Å². The van der Waals surface area contributed by atoms with Crippen LogP contribution >= 0.6 is 0 Å². The van der Waals surface area contributed by atoms with Crippen molar-refractivity contribution in [3.63, 3.8) is 0 Å². The maximum absolute atomic E-state index is 4.32. The van der Waals surface area contributed by atoms with E-state index >= 15 is 0 Å². The van der Waals surface area contributed by atoms with Crippen molar-refractivity contribution in [2.45, 2.75) is 6.92 Å². The second-order valence-corrected chi connectivity index (χ2v) is 4.27. The molecule has 0 amide bonds. The van der Waals surface area contributed by atoms with E-state index in [9.17, 15) is 0 Å². The first-order valence-corrected chi connectivity index (χ1v) is 5.86. The second kappa shape index (κ2) is 4.45. The van der Waals surface area contributed by atoms with Gasteiger partial charge in [-0.3, -0.25) is 10.1 Å². The molecule has 3 heteroatoms. The van der Waals surface area contributed by atoms with Crippen LogP contribution in [0.25, 0.3) is 22.5 Å². The zero-order valence-corrected chi connectivity index (χ0v) is 10.1. The van der Waals surface area contributed by atoms with E-state index in [2.05, 4.69) is 46.4 Å². The molecular formula is C15H13N3. The van der Waals surface area contributed by atoms with Crippen LogP contribution in [0.15, 0.2) is 54.9 Å². The van der Waals surface area contributed by atoms with Gasteiger partial charge in [-0.25, -0.2) is 0 Å². The number of hydrogen-bond donors (Lipinski definition) is 1. The Bertz CT molecular complexity index is 639. The highest BCUT2D eigenvalue weighted by atomic mass is 15.1. The molecule has 0 bridgehead atoms. The molecule has 2 heterocycles. The Morgan fingerprint density at radius 3 is 2.56 bits per heavy atom. The number of pyridine rings is 1. The highest BCUT2D eigenvalue weighted by Crippen LogP contribution is 2.23. The number of nitrogens with one attached hydrogen (secondary N) is 1. The summed E-state index contributed by atoms with van der Waals surface area (Å²) in [5.74, 6) is 0. The number of H-pyrrole nitrogens is 1. The third-order valence-corrected chi connectivity index (χ3v) is 2.90. The lowest BCUT2D eigenvalue weighted by Crippen LogP contribution is -1.78. The molecule has 0 unspecified atom stereocenters. The number of aromatic nitrogens is 3. The van der Waals surface area contributed by atoms with Crippen LogP contribution in [0.4, 0.5) is 0 Å². The summed E-state index contributed by atoms with van der Waals surface area (Å²) in [5.41, 5.74) is 5.36. The first-order valence-electron chi connectivity index (χ1n) is 5.86. The molecule has 0 saturated heterocycles. The molecule has 18 heavy (non-hydrogen) atoms. The molecule has 3 rings (SSSR count). The third-order valence-electron chi connectivity index (χ3n) is 2.90. The molecule has 0 spiro atoms. The number of hydrogen-bond acceptors (Lipinski definition) is 2. The molecule has 0 radical (unpaired) electrons. The number of aromatic amines is 1. The summed E-state index contributed by atoms with van der Waals surface area (Å²) < 4.78 is 0. The fourth-order valence-electron chi connectivity index (χ4n) is 1.86. The van der Waals surface area contributed by atoms with E-state index in [1.807, 2.05) is 24.4 Å². The summed E-state index contributed by atoms with van der Waals surface area (Å²) in [4.78, 5) is 4.10. The molecule has 1 N–H and O–H groups in total. The quantitative estimate of drug-likeness (QED) is 0.739. The van der Waals surface area contributed by atoms with E-state index < -0.39 is 0 Å². The Labute approximate surface area is 106 Å². The standard InChI is InChI=1S/C15H13N3/c1-11-4-6-12(7-5-11)14-9-15(18-17-14)13-3-2-8-16-10-13/h2-10H,1H3,(H,17,18). The van der Waals surface area contributed by atoms with Gasteiger partial charge in [0, 0.05) is 18.0 Å². The average molecular weight is 235 g/mol. The van der Waals surface area contributed by atoms with Crippen molar-refractivity contribution in [1.29, 1.82) is 0 Å². The van der Waals surface area contributed by atoms with E-state index in [-0.39, 0.29) is 0 Å². The van der Waals surface area contributed by atoms with E-state index in [1.165, 1.54) is 5.56 Å². The van der Waals surface area contributed by atoms with Gasteiger partial charge in [-0.15, -0.1) is 0 Å². The molecular weight excluding hydrogens is 222 g/mol. The van der Waals surface area contributed by atoms with Crippen molar-refractivity contribution < 1.29 is 0 Å². The van der Waals surface area contributed by atoms with Crippen molar-refractivity contribution in [3.05, 3.63) is 60.4 Å². The van der Waals surface area contributed by atoms with Crippen LogP contribution in [0.1, 0.15) is 5.56 Å². The summed E-state index contributed by atoms with van der Waals surface area (Å²) in [6, 6.07) is 14.3. The summed E-state index contributed by atoms with van der Waals surface area (Å²) in [7, 11) is 0. The summed E-state index contributed by atoms with van der Waals surface area (Å²) in [5, 5.41) is 7.38. The molecule has 1 aromatic carbocycles. The van der Waals surface area contributed by atoms with Crippen molar-refractivity contribution >= 4 is 0 Å². The fraction of sp³-hybridized carbons (Fsp3) is 0.0667. The molecule has 2 aromatic heterocycles. The summed E-state index contributed by atoms with van der Waals surface area (Å²) >= 11 is 0. The minimum atomic E-state index is 0.915. The molecule has 3 nitrogen and oxygen atoms in total. The Kier molecular flexibility index (Phi) is 2.65. The van der Waals surface area contributed by atoms with E-state index in [4.69, 9.17) is 0 Å².